The molecule has 0 saturated heterocycles. The number of halogens is 2. The van der Waals surface area contributed by atoms with Crippen LogP contribution < -0.4 is 4.72 Å². The topological polar surface area (TPSA) is 70.0 Å². The van der Waals surface area contributed by atoms with Crippen molar-refractivity contribution in [2.75, 3.05) is 0 Å². The second kappa shape index (κ2) is 6.22. The highest BCUT2D eigenvalue weighted by atomic mass is 32.2. The molecule has 114 valence electrons. The minimum Gasteiger partial charge on any atom is -0.207 e. The minimum absolute atomic E-state index is 0.0130. The lowest BCUT2D eigenvalue weighted by atomic mass is 10.1. The third-order valence-corrected chi connectivity index (χ3v) is 4.63. The molecule has 2 aromatic carbocycles. The maximum atomic E-state index is 13.2. The zero-order chi connectivity index (χ0) is 16.3. The van der Waals surface area contributed by atoms with Crippen molar-refractivity contribution in [3.05, 3.63) is 65.2 Å². The number of nitriles is 1. The number of benzene rings is 2. The van der Waals surface area contributed by atoms with Crippen molar-refractivity contribution in [2.24, 2.45) is 0 Å². The van der Waals surface area contributed by atoms with Crippen LogP contribution in [0.15, 0.2) is 47.4 Å². The molecule has 0 fully saturated rings. The summed E-state index contributed by atoms with van der Waals surface area (Å²) in [5.74, 6) is -2.03. The highest BCUT2D eigenvalue weighted by Gasteiger charge is 2.19. The van der Waals surface area contributed by atoms with E-state index in [-0.39, 0.29) is 4.90 Å². The molecule has 7 heteroatoms. The molecule has 0 amide bonds. The van der Waals surface area contributed by atoms with E-state index in [1.165, 1.54) is 37.3 Å². The molecule has 1 atom stereocenters. The van der Waals surface area contributed by atoms with E-state index < -0.39 is 27.7 Å². The molecule has 0 bridgehead atoms. The van der Waals surface area contributed by atoms with Gasteiger partial charge in [-0.25, -0.2) is 21.9 Å². The van der Waals surface area contributed by atoms with Crippen LogP contribution in [0, 0.1) is 23.0 Å². The molecular weight excluding hydrogens is 310 g/mol. The van der Waals surface area contributed by atoms with Crippen LogP contribution in [-0.2, 0) is 10.0 Å². The molecule has 1 N–H and O–H groups in total. The average Bonchev–Trinajstić information content (AvgIpc) is 2.49. The van der Waals surface area contributed by atoms with Gasteiger partial charge in [0.1, 0.15) is 0 Å². The maximum absolute atomic E-state index is 13.2. The molecule has 0 spiro atoms. The van der Waals surface area contributed by atoms with Gasteiger partial charge >= 0.3 is 0 Å². The predicted molar refractivity (Wildman–Crippen MR) is 76.3 cm³/mol. The van der Waals surface area contributed by atoms with Crippen LogP contribution in [-0.4, -0.2) is 8.42 Å². The fourth-order valence-corrected chi connectivity index (χ4v) is 3.09. The van der Waals surface area contributed by atoms with Gasteiger partial charge in [-0.1, -0.05) is 6.07 Å². The normalized spacial score (nSPS) is 12.6. The highest BCUT2D eigenvalue weighted by molar-refractivity contribution is 7.89. The lowest BCUT2D eigenvalue weighted by Crippen LogP contribution is -2.27. The molecule has 0 aliphatic heterocycles. The molecule has 4 nitrogen and oxygen atoms in total. The first-order chi connectivity index (χ1) is 10.3. The Morgan fingerprint density at radius 3 is 2.27 bits per heavy atom. The average molecular weight is 322 g/mol. The van der Waals surface area contributed by atoms with Crippen LogP contribution in [0.1, 0.15) is 24.1 Å². The van der Waals surface area contributed by atoms with E-state index in [4.69, 9.17) is 5.26 Å². The summed E-state index contributed by atoms with van der Waals surface area (Å²) in [6, 6.07) is 9.73. The number of hydrogen-bond acceptors (Lipinski definition) is 3. The van der Waals surface area contributed by atoms with E-state index in [0.717, 1.165) is 12.1 Å². The van der Waals surface area contributed by atoms with Crippen molar-refractivity contribution >= 4 is 10.0 Å². The first-order valence-corrected chi connectivity index (χ1v) is 7.79. The Labute approximate surface area is 127 Å². The summed E-state index contributed by atoms with van der Waals surface area (Å²) in [4.78, 5) is -0.0130. The van der Waals surface area contributed by atoms with E-state index in [2.05, 4.69) is 4.72 Å². The predicted octanol–water partition coefficient (Wildman–Crippen LogP) is 2.88. The van der Waals surface area contributed by atoms with Gasteiger partial charge < -0.3 is 0 Å². The highest BCUT2D eigenvalue weighted by Crippen LogP contribution is 2.19. The SMILES string of the molecule is C[C@@H](NS(=O)(=O)c1ccc(C#N)cc1)c1ccc(F)c(F)c1. The Kier molecular flexibility index (Phi) is 4.54. The van der Waals surface area contributed by atoms with Crippen molar-refractivity contribution in [3.8, 4) is 6.07 Å². The molecule has 0 heterocycles. The third kappa shape index (κ3) is 3.47. The molecular formula is C15H12F2N2O2S. The Morgan fingerprint density at radius 2 is 1.73 bits per heavy atom. The molecule has 0 aliphatic rings. The van der Waals surface area contributed by atoms with Crippen molar-refractivity contribution in [1.29, 1.82) is 5.26 Å². The van der Waals surface area contributed by atoms with Gasteiger partial charge in [-0.15, -0.1) is 0 Å². The van der Waals surface area contributed by atoms with E-state index in [0.29, 0.717) is 11.1 Å². The fourth-order valence-electron chi connectivity index (χ4n) is 1.86. The Bertz CT molecular complexity index is 828. The summed E-state index contributed by atoms with van der Waals surface area (Å²) in [5, 5.41) is 8.69. The van der Waals surface area contributed by atoms with Crippen LogP contribution in [0.4, 0.5) is 8.78 Å². The van der Waals surface area contributed by atoms with Gasteiger partial charge in [-0.2, -0.15) is 5.26 Å². The van der Waals surface area contributed by atoms with Gasteiger partial charge in [0.05, 0.1) is 16.5 Å². The molecule has 0 saturated carbocycles. The van der Waals surface area contributed by atoms with Crippen LogP contribution in [0.2, 0.25) is 0 Å². The van der Waals surface area contributed by atoms with Crippen molar-refractivity contribution in [3.63, 3.8) is 0 Å². The Balaban J connectivity index is 2.23. The monoisotopic (exact) mass is 322 g/mol. The summed E-state index contributed by atoms with van der Waals surface area (Å²) in [5.41, 5.74) is 0.642. The molecule has 0 aliphatic carbocycles. The zero-order valence-electron chi connectivity index (χ0n) is 11.5. The van der Waals surface area contributed by atoms with Gasteiger partial charge in [0.2, 0.25) is 10.0 Å². The smallest absolute Gasteiger partial charge is 0.207 e. The van der Waals surface area contributed by atoms with Gasteiger partial charge in [0.15, 0.2) is 11.6 Å². The molecule has 0 unspecified atom stereocenters. The number of rotatable bonds is 4. The summed E-state index contributed by atoms with van der Waals surface area (Å²) in [6.07, 6.45) is 0. The number of sulfonamides is 1. The first kappa shape index (κ1) is 16.1. The zero-order valence-corrected chi connectivity index (χ0v) is 12.4. The number of hydrogen-bond donors (Lipinski definition) is 1. The Hall–Kier alpha value is -2.30. The van der Waals surface area contributed by atoms with Crippen molar-refractivity contribution < 1.29 is 17.2 Å². The van der Waals surface area contributed by atoms with Gasteiger partial charge in [0, 0.05) is 6.04 Å². The lowest BCUT2D eigenvalue weighted by Gasteiger charge is -2.15. The standard InChI is InChI=1S/C15H12F2N2O2S/c1-10(12-4-7-14(16)15(17)8-12)19-22(20,21)13-5-2-11(9-18)3-6-13/h2-8,10,19H,1H3/t10-/m1/s1. The first-order valence-electron chi connectivity index (χ1n) is 6.31. The molecule has 2 rings (SSSR count). The van der Waals surface area contributed by atoms with Crippen LogP contribution in [0.3, 0.4) is 0 Å². The summed E-state index contributed by atoms with van der Waals surface area (Å²) in [7, 11) is -3.83. The Morgan fingerprint density at radius 1 is 1.09 bits per heavy atom. The van der Waals surface area contributed by atoms with Crippen LogP contribution >= 0.6 is 0 Å². The summed E-state index contributed by atoms with van der Waals surface area (Å²) >= 11 is 0. The molecule has 0 aromatic heterocycles. The van der Waals surface area contributed by atoms with Gasteiger partial charge in [-0.05, 0) is 48.9 Å². The molecule has 0 radical (unpaired) electrons. The summed E-state index contributed by atoms with van der Waals surface area (Å²) in [6.45, 7) is 1.52. The van der Waals surface area contributed by atoms with Crippen LogP contribution in [0.5, 0.6) is 0 Å². The molecule has 22 heavy (non-hydrogen) atoms. The summed E-state index contributed by atoms with van der Waals surface area (Å²) < 4.78 is 52.9. The van der Waals surface area contributed by atoms with E-state index in [9.17, 15) is 17.2 Å². The van der Waals surface area contributed by atoms with Gasteiger partial charge in [-0.3, -0.25) is 0 Å². The second-order valence-corrected chi connectivity index (χ2v) is 6.37. The van der Waals surface area contributed by atoms with E-state index >= 15 is 0 Å². The fraction of sp³-hybridized carbons (Fsp3) is 0.133. The second-order valence-electron chi connectivity index (χ2n) is 4.65. The van der Waals surface area contributed by atoms with E-state index in [1.54, 1.807) is 0 Å². The number of nitrogens with one attached hydrogen (secondary N) is 1. The lowest BCUT2D eigenvalue weighted by molar-refractivity contribution is 0.504. The number of nitrogens with zero attached hydrogens (tertiary/aromatic N) is 1. The van der Waals surface area contributed by atoms with Gasteiger partial charge in [0.25, 0.3) is 0 Å². The van der Waals surface area contributed by atoms with Crippen molar-refractivity contribution in [1.82, 2.24) is 4.72 Å². The third-order valence-electron chi connectivity index (χ3n) is 3.07. The quantitative estimate of drug-likeness (QED) is 0.941. The molecule has 2 aromatic rings. The maximum Gasteiger partial charge on any atom is 0.241 e. The van der Waals surface area contributed by atoms with Crippen molar-refractivity contribution in [2.45, 2.75) is 17.9 Å². The van der Waals surface area contributed by atoms with Crippen LogP contribution in [0.25, 0.3) is 0 Å². The largest absolute Gasteiger partial charge is 0.241 e. The van der Waals surface area contributed by atoms with E-state index in [1.807, 2.05) is 6.07 Å². The minimum atomic E-state index is -3.83.